The standard InChI is InChI=1S/C13H23NO/c1-2-11-5-7-12(8-6-11)13(15)14-9-3-4-10-14/h11-12H,2-10H2,1H3. The third-order valence-corrected chi connectivity index (χ3v) is 4.19. The molecule has 1 aliphatic heterocycles. The Labute approximate surface area is 93.0 Å². The molecule has 0 radical (unpaired) electrons. The first kappa shape index (κ1) is 11.0. The van der Waals surface area contributed by atoms with Crippen LogP contribution >= 0.6 is 0 Å². The molecule has 0 spiro atoms. The van der Waals surface area contributed by atoms with Crippen molar-refractivity contribution in [2.24, 2.45) is 11.8 Å². The lowest BCUT2D eigenvalue weighted by Gasteiger charge is -2.29. The van der Waals surface area contributed by atoms with Crippen LogP contribution < -0.4 is 0 Å². The van der Waals surface area contributed by atoms with Crippen molar-refractivity contribution in [3.8, 4) is 0 Å². The normalized spacial score (nSPS) is 31.9. The maximum absolute atomic E-state index is 12.1. The Balaban J connectivity index is 1.81. The zero-order valence-corrected chi connectivity index (χ0v) is 9.87. The topological polar surface area (TPSA) is 20.3 Å². The summed E-state index contributed by atoms with van der Waals surface area (Å²) in [6.07, 6.45) is 8.58. The third-order valence-electron chi connectivity index (χ3n) is 4.19. The predicted octanol–water partition coefficient (Wildman–Crippen LogP) is 2.83. The molecule has 15 heavy (non-hydrogen) atoms. The van der Waals surface area contributed by atoms with Crippen molar-refractivity contribution in [3.05, 3.63) is 0 Å². The van der Waals surface area contributed by atoms with Crippen LogP contribution in [0.4, 0.5) is 0 Å². The Hall–Kier alpha value is -0.530. The Kier molecular flexibility index (Phi) is 3.66. The van der Waals surface area contributed by atoms with Crippen molar-refractivity contribution >= 4 is 5.91 Å². The second-order valence-corrected chi connectivity index (χ2v) is 5.16. The highest BCUT2D eigenvalue weighted by atomic mass is 16.2. The highest BCUT2D eigenvalue weighted by Crippen LogP contribution is 2.32. The summed E-state index contributed by atoms with van der Waals surface area (Å²) in [5, 5.41) is 0. The number of amides is 1. The van der Waals surface area contributed by atoms with Crippen LogP contribution in [0.2, 0.25) is 0 Å². The fourth-order valence-corrected chi connectivity index (χ4v) is 3.01. The molecule has 1 amide bonds. The number of likely N-dealkylation sites (tertiary alicyclic amines) is 1. The lowest BCUT2D eigenvalue weighted by Crippen LogP contribution is -2.35. The van der Waals surface area contributed by atoms with Crippen molar-refractivity contribution < 1.29 is 4.79 Å². The molecule has 0 unspecified atom stereocenters. The van der Waals surface area contributed by atoms with Gasteiger partial charge in [0.2, 0.25) is 5.91 Å². The van der Waals surface area contributed by atoms with Gasteiger partial charge in [-0.05, 0) is 44.4 Å². The van der Waals surface area contributed by atoms with Crippen molar-refractivity contribution in [2.45, 2.75) is 51.9 Å². The van der Waals surface area contributed by atoms with Crippen molar-refractivity contribution in [2.75, 3.05) is 13.1 Å². The molecular weight excluding hydrogens is 186 g/mol. The van der Waals surface area contributed by atoms with E-state index in [-0.39, 0.29) is 0 Å². The van der Waals surface area contributed by atoms with Gasteiger partial charge in [-0.1, -0.05) is 13.3 Å². The summed E-state index contributed by atoms with van der Waals surface area (Å²) in [6.45, 7) is 4.31. The minimum absolute atomic E-state index is 0.367. The van der Waals surface area contributed by atoms with Crippen LogP contribution in [-0.2, 0) is 4.79 Å². The molecule has 86 valence electrons. The molecule has 0 atom stereocenters. The van der Waals surface area contributed by atoms with Gasteiger partial charge in [0.25, 0.3) is 0 Å². The van der Waals surface area contributed by atoms with Gasteiger partial charge in [0.05, 0.1) is 0 Å². The van der Waals surface area contributed by atoms with E-state index < -0.39 is 0 Å². The first-order valence-corrected chi connectivity index (χ1v) is 6.60. The first-order valence-electron chi connectivity index (χ1n) is 6.60. The fraction of sp³-hybridized carbons (Fsp3) is 0.923. The minimum atomic E-state index is 0.367. The Morgan fingerprint density at radius 3 is 2.27 bits per heavy atom. The average molecular weight is 209 g/mol. The summed E-state index contributed by atoms with van der Waals surface area (Å²) >= 11 is 0. The van der Waals surface area contributed by atoms with Crippen molar-refractivity contribution in [1.29, 1.82) is 0 Å². The average Bonchev–Trinajstić information content (AvgIpc) is 2.82. The molecule has 0 aromatic heterocycles. The molecule has 1 heterocycles. The third kappa shape index (κ3) is 2.53. The van der Waals surface area contributed by atoms with Crippen LogP contribution in [0.25, 0.3) is 0 Å². The van der Waals surface area contributed by atoms with E-state index in [1.165, 1.54) is 32.1 Å². The predicted molar refractivity (Wildman–Crippen MR) is 61.6 cm³/mol. The molecule has 0 N–H and O–H groups in total. The van der Waals surface area contributed by atoms with Gasteiger partial charge >= 0.3 is 0 Å². The molecule has 1 aliphatic carbocycles. The minimum Gasteiger partial charge on any atom is -0.342 e. The molecule has 0 bridgehead atoms. The SMILES string of the molecule is CCC1CCC(C(=O)N2CCCC2)CC1. The van der Waals surface area contributed by atoms with E-state index in [0.29, 0.717) is 11.8 Å². The van der Waals surface area contributed by atoms with Gasteiger partial charge in [0.15, 0.2) is 0 Å². The molecule has 2 nitrogen and oxygen atoms in total. The monoisotopic (exact) mass is 209 g/mol. The highest BCUT2D eigenvalue weighted by molar-refractivity contribution is 5.79. The van der Waals surface area contributed by atoms with Gasteiger partial charge in [-0.15, -0.1) is 0 Å². The largest absolute Gasteiger partial charge is 0.342 e. The summed E-state index contributed by atoms with van der Waals surface area (Å²) in [4.78, 5) is 14.2. The van der Waals surface area contributed by atoms with Crippen LogP contribution in [0, 0.1) is 11.8 Å². The molecule has 0 aromatic rings. The first-order chi connectivity index (χ1) is 7.31. The molecule has 0 aromatic carbocycles. The lowest BCUT2D eigenvalue weighted by molar-refractivity contribution is -0.135. The summed E-state index contributed by atoms with van der Waals surface area (Å²) in [5.74, 6) is 1.72. The number of hydrogen-bond donors (Lipinski definition) is 0. The molecule has 2 rings (SSSR count). The van der Waals surface area contributed by atoms with E-state index in [0.717, 1.165) is 31.8 Å². The smallest absolute Gasteiger partial charge is 0.225 e. The van der Waals surface area contributed by atoms with Gasteiger partial charge in [-0.25, -0.2) is 0 Å². The zero-order valence-electron chi connectivity index (χ0n) is 9.87. The molecule has 2 aliphatic rings. The Bertz CT molecular complexity index is 213. The molecular formula is C13H23NO. The highest BCUT2D eigenvalue weighted by Gasteiger charge is 2.29. The van der Waals surface area contributed by atoms with E-state index in [1.54, 1.807) is 0 Å². The van der Waals surface area contributed by atoms with E-state index >= 15 is 0 Å². The van der Waals surface area contributed by atoms with Crippen LogP contribution in [0.5, 0.6) is 0 Å². The number of nitrogens with zero attached hydrogens (tertiary/aromatic N) is 1. The lowest BCUT2D eigenvalue weighted by atomic mass is 9.80. The summed E-state index contributed by atoms with van der Waals surface area (Å²) < 4.78 is 0. The van der Waals surface area contributed by atoms with E-state index in [9.17, 15) is 4.79 Å². The van der Waals surface area contributed by atoms with E-state index in [1.807, 2.05) is 0 Å². The Morgan fingerprint density at radius 1 is 1.13 bits per heavy atom. The van der Waals surface area contributed by atoms with Crippen LogP contribution in [0.3, 0.4) is 0 Å². The van der Waals surface area contributed by atoms with E-state index in [2.05, 4.69) is 11.8 Å². The van der Waals surface area contributed by atoms with E-state index in [4.69, 9.17) is 0 Å². The zero-order chi connectivity index (χ0) is 10.7. The van der Waals surface area contributed by atoms with Gasteiger partial charge in [-0.2, -0.15) is 0 Å². The maximum Gasteiger partial charge on any atom is 0.225 e. The second kappa shape index (κ2) is 5.00. The van der Waals surface area contributed by atoms with Crippen molar-refractivity contribution in [3.63, 3.8) is 0 Å². The molecule has 1 saturated carbocycles. The second-order valence-electron chi connectivity index (χ2n) is 5.16. The van der Waals surface area contributed by atoms with Crippen LogP contribution in [0.15, 0.2) is 0 Å². The fourth-order valence-electron chi connectivity index (χ4n) is 3.01. The summed E-state index contributed by atoms with van der Waals surface area (Å²) in [5.41, 5.74) is 0. The molecule has 1 saturated heterocycles. The number of carbonyl (C=O) groups excluding carboxylic acids is 1. The van der Waals surface area contributed by atoms with Gasteiger partial charge in [0.1, 0.15) is 0 Å². The van der Waals surface area contributed by atoms with Crippen LogP contribution in [-0.4, -0.2) is 23.9 Å². The molecule has 2 heteroatoms. The number of carbonyl (C=O) groups is 1. The summed E-state index contributed by atoms with van der Waals surface area (Å²) in [7, 11) is 0. The van der Waals surface area contributed by atoms with Crippen LogP contribution in [0.1, 0.15) is 51.9 Å². The quantitative estimate of drug-likeness (QED) is 0.685. The number of hydrogen-bond acceptors (Lipinski definition) is 1. The van der Waals surface area contributed by atoms with Gasteiger partial charge in [0, 0.05) is 19.0 Å². The maximum atomic E-state index is 12.1. The van der Waals surface area contributed by atoms with Gasteiger partial charge in [-0.3, -0.25) is 4.79 Å². The Morgan fingerprint density at radius 2 is 1.73 bits per heavy atom. The number of rotatable bonds is 2. The van der Waals surface area contributed by atoms with Crippen molar-refractivity contribution in [1.82, 2.24) is 4.90 Å². The van der Waals surface area contributed by atoms with Gasteiger partial charge < -0.3 is 4.90 Å². The summed E-state index contributed by atoms with van der Waals surface area (Å²) in [6, 6.07) is 0. The molecule has 2 fully saturated rings.